The van der Waals surface area contributed by atoms with E-state index in [1.165, 1.54) is 11.3 Å². The number of benzene rings is 1. The highest BCUT2D eigenvalue weighted by Gasteiger charge is 2.12. The van der Waals surface area contributed by atoms with Crippen LogP contribution in [0.25, 0.3) is 10.8 Å². The number of carbonyl (C=O) groups excluding carboxylic acids is 1. The molecule has 6 nitrogen and oxygen atoms in total. The molecular weight excluding hydrogens is 328 g/mol. The number of carbonyl (C=O) groups is 1. The molecule has 3 rings (SSSR count). The van der Waals surface area contributed by atoms with Crippen LogP contribution in [-0.2, 0) is 0 Å². The molecule has 0 saturated heterocycles. The molecule has 0 aliphatic rings. The highest BCUT2D eigenvalue weighted by Crippen LogP contribution is 2.23. The number of hydrogen-bond donors (Lipinski definition) is 1. The van der Waals surface area contributed by atoms with Crippen molar-refractivity contribution < 1.29 is 18.7 Å². The lowest BCUT2D eigenvalue weighted by atomic mass is 10.3. The fraction of sp³-hybridized carbons (Fsp3) is 0.176. The minimum Gasteiger partial charge on any atom is -0.497 e. The van der Waals surface area contributed by atoms with E-state index in [1.807, 2.05) is 24.3 Å². The second kappa shape index (κ2) is 7.65. The molecule has 3 aromatic rings. The maximum absolute atomic E-state index is 12.1. The van der Waals surface area contributed by atoms with Crippen LogP contribution in [0.5, 0.6) is 11.5 Å². The first-order valence-corrected chi connectivity index (χ1v) is 8.18. The van der Waals surface area contributed by atoms with E-state index in [0.29, 0.717) is 35.4 Å². The third-order valence-electron chi connectivity index (χ3n) is 3.17. The van der Waals surface area contributed by atoms with Crippen molar-refractivity contribution in [2.45, 2.75) is 0 Å². The number of ether oxygens (including phenoxy) is 2. The Morgan fingerprint density at radius 1 is 1.29 bits per heavy atom. The van der Waals surface area contributed by atoms with Gasteiger partial charge in [0.2, 0.25) is 0 Å². The summed E-state index contributed by atoms with van der Waals surface area (Å²) in [5.41, 5.74) is 0.368. The minimum atomic E-state index is -0.238. The zero-order chi connectivity index (χ0) is 16.8. The maximum Gasteiger partial charge on any atom is 0.270 e. The second-order valence-corrected chi connectivity index (χ2v) is 5.66. The molecule has 1 amide bonds. The van der Waals surface area contributed by atoms with Crippen LogP contribution < -0.4 is 14.8 Å². The summed E-state index contributed by atoms with van der Waals surface area (Å²) in [7, 11) is 1.60. The predicted octanol–water partition coefficient (Wildman–Crippen LogP) is 3.22. The molecule has 0 spiro atoms. The number of hydrogen-bond acceptors (Lipinski definition) is 6. The summed E-state index contributed by atoms with van der Waals surface area (Å²) in [4.78, 5) is 16.3. The Labute approximate surface area is 143 Å². The number of nitrogens with one attached hydrogen (secondary N) is 1. The largest absolute Gasteiger partial charge is 0.497 e. The third-order valence-corrected chi connectivity index (χ3v) is 4.02. The van der Waals surface area contributed by atoms with Gasteiger partial charge in [-0.05, 0) is 24.3 Å². The van der Waals surface area contributed by atoms with E-state index in [4.69, 9.17) is 13.9 Å². The van der Waals surface area contributed by atoms with Gasteiger partial charge in [-0.3, -0.25) is 4.79 Å². The first-order valence-electron chi connectivity index (χ1n) is 7.31. The van der Waals surface area contributed by atoms with E-state index >= 15 is 0 Å². The molecule has 0 aliphatic carbocycles. The van der Waals surface area contributed by atoms with Crippen molar-refractivity contribution in [2.75, 3.05) is 20.3 Å². The highest BCUT2D eigenvalue weighted by atomic mass is 32.1. The van der Waals surface area contributed by atoms with Crippen molar-refractivity contribution in [2.24, 2.45) is 0 Å². The second-order valence-electron chi connectivity index (χ2n) is 4.80. The van der Waals surface area contributed by atoms with Gasteiger partial charge < -0.3 is 19.2 Å². The number of aromatic nitrogens is 1. The van der Waals surface area contributed by atoms with Gasteiger partial charge in [-0.15, -0.1) is 11.3 Å². The molecular formula is C17H16N2O4S. The van der Waals surface area contributed by atoms with Gasteiger partial charge in [-0.2, -0.15) is 0 Å². The number of nitrogens with zero attached hydrogens (tertiary/aromatic N) is 1. The monoisotopic (exact) mass is 344 g/mol. The molecule has 124 valence electrons. The quantitative estimate of drug-likeness (QED) is 0.666. The van der Waals surface area contributed by atoms with Gasteiger partial charge in [0.05, 0.1) is 19.9 Å². The molecule has 2 heterocycles. The van der Waals surface area contributed by atoms with Crippen LogP contribution >= 0.6 is 11.3 Å². The molecule has 0 fully saturated rings. The van der Waals surface area contributed by atoms with Crippen molar-refractivity contribution in [1.29, 1.82) is 0 Å². The lowest BCUT2D eigenvalue weighted by Gasteiger charge is -2.08. The summed E-state index contributed by atoms with van der Waals surface area (Å²) in [5.74, 6) is 1.83. The zero-order valence-corrected chi connectivity index (χ0v) is 13.8. The molecule has 1 N–H and O–H groups in total. The fourth-order valence-electron chi connectivity index (χ4n) is 2.01. The van der Waals surface area contributed by atoms with Crippen LogP contribution in [0.4, 0.5) is 0 Å². The molecule has 0 unspecified atom stereocenters. The first kappa shape index (κ1) is 16.1. The number of thiazole rings is 1. The lowest BCUT2D eigenvalue weighted by molar-refractivity contribution is 0.0942. The Kier molecular flexibility index (Phi) is 5.12. The number of rotatable bonds is 7. The Hall–Kier alpha value is -2.80. The average molecular weight is 344 g/mol. The summed E-state index contributed by atoms with van der Waals surface area (Å²) in [6.45, 7) is 0.734. The first-order chi connectivity index (χ1) is 11.8. The smallest absolute Gasteiger partial charge is 0.270 e. The summed E-state index contributed by atoms with van der Waals surface area (Å²) in [5, 5.41) is 5.16. The Balaban J connectivity index is 1.47. The standard InChI is InChI=1S/C17H16N2O4S/c1-21-12-4-2-5-13(10-12)22-9-7-18-16(20)14-11-24-17(19-14)15-6-3-8-23-15/h2-6,8,10-11H,7,9H2,1H3,(H,18,20). The summed E-state index contributed by atoms with van der Waals surface area (Å²) in [6.07, 6.45) is 1.58. The number of methoxy groups -OCH3 is 1. The number of furan rings is 1. The normalized spacial score (nSPS) is 10.4. The van der Waals surface area contributed by atoms with E-state index in [-0.39, 0.29) is 5.91 Å². The van der Waals surface area contributed by atoms with Crippen LogP contribution in [0.2, 0.25) is 0 Å². The van der Waals surface area contributed by atoms with E-state index in [1.54, 1.807) is 30.9 Å². The maximum atomic E-state index is 12.1. The summed E-state index contributed by atoms with van der Waals surface area (Å²) in [6, 6.07) is 10.9. The van der Waals surface area contributed by atoms with Crippen molar-refractivity contribution in [3.8, 4) is 22.3 Å². The van der Waals surface area contributed by atoms with Gasteiger partial charge in [0, 0.05) is 11.4 Å². The van der Waals surface area contributed by atoms with Crippen molar-refractivity contribution in [3.05, 3.63) is 53.7 Å². The van der Waals surface area contributed by atoms with Crippen LogP contribution in [0, 0.1) is 0 Å². The lowest BCUT2D eigenvalue weighted by Crippen LogP contribution is -2.28. The Morgan fingerprint density at radius 3 is 2.96 bits per heavy atom. The van der Waals surface area contributed by atoms with E-state index in [0.717, 1.165) is 5.75 Å². The Bertz CT molecular complexity index is 799. The highest BCUT2D eigenvalue weighted by molar-refractivity contribution is 7.13. The fourth-order valence-corrected chi connectivity index (χ4v) is 2.77. The van der Waals surface area contributed by atoms with Gasteiger partial charge in [0.25, 0.3) is 5.91 Å². The molecule has 0 saturated carbocycles. The van der Waals surface area contributed by atoms with E-state index < -0.39 is 0 Å². The summed E-state index contributed by atoms with van der Waals surface area (Å²) >= 11 is 1.36. The van der Waals surface area contributed by atoms with Crippen LogP contribution in [-0.4, -0.2) is 31.2 Å². The van der Waals surface area contributed by atoms with Crippen LogP contribution in [0.3, 0.4) is 0 Å². The molecule has 0 atom stereocenters. The molecule has 2 aromatic heterocycles. The molecule has 1 aromatic carbocycles. The van der Waals surface area contributed by atoms with Crippen molar-refractivity contribution >= 4 is 17.2 Å². The Morgan fingerprint density at radius 2 is 2.17 bits per heavy atom. The molecule has 7 heteroatoms. The van der Waals surface area contributed by atoms with E-state index in [2.05, 4.69) is 10.3 Å². The molecule has 0 aliphatic heterocycles. The molecule has 0 bridgehead atoms. The zero-order valence-electron chi connectivity index (χ0n) is 13.0. The van der Waals surface area contributed by atoms with E-state index in [9.17, 15) is 4.79 Å². The number of amides is 1. The molecule has 0 radical (unpaired) electrons. The molecule has 24 heavy (non-hydrogen) atoms. The van der Waals surface area contributed by atoms with Gasteiger partial charge in [0.1, 0.15) is 23.8 Å². The average Bonchev–Trinajstić information content (AvgIpc) is 3.29. The predicted molar refractivity (Wildman–Crippen MR) is 90.6 cm³/mol. The van der Waals surface area contributed by atoms with Gasteiger partial charge in [-0.1, -0.05) is 6.07 Å². The topological polar surface area (TPSA) is 73.6 Å². The van der Waals surface area contributed by atoms with Gasteiger partial charge >= 0.3 is 0 Å². The third kappa shape index (κ3) is 3.94. The summed E-state index contributed by atoms with van der Waals surface area (Å²) < 4.78 is 16.0. The van der Waals surface area contributed by atoms with Crippen LogP contribution in [0.15, 0.2) is 52.5 Å². The van der Waals surface area contributed by atoms with Gasteiger partial charge in [-0.25, -0.2) is 4.98 Å². The minimum absolute atomic E-state index is 0.238. The van der Waals surface area contributed by atoms with Gasteiger partial charge in [0.15, 0.2) is 10.8 Å². The van der Waals surface area contributed by atoms with Crippen LogP contribution in [0.1, 0.15) is 10.5 Å². The van der Waals surface area contributed by atoms with Crippen molar-refractivity contribution in [1.82, 2.24) is 10.3 Å². The SMILES string of the molecule is COc1cccc(OCCNC(=O)c2csc(-c3ccco3)n2)c1. The van der Waals surface area contributed by atoms with Crippen molar-refractivity contribution in [3.63, 3.8) is 0 Å².